The molecule has 1 aromatic carbocycles. The third kappa shape index (κ3) is 2.60. The molecule has 0 aliphatic heterocycles. The third-order valence-electron chi connectivity index (χ3n) is 2.17. The van der Waals surface area contributed by atoms with Crippen molar-refractivity contribution >= 4 is 17.6 Å². The van der Waals surface area contributed by atoms with Crippen LogP contribution in [-0.2, 0) is 0 Å². The number of halogens is 2. The van der Waals surface area contributed by atoms with Crippen molar-refractivity contribution in [3.05, 3.63) is 53.1 Å². The van der Waals surface area contributed by atoms with Crippen LogP contribution in [0.25, 0.3) is 11.1 Å². The maximum Gasteiger partial charge on any atom is 0.354 e. The zero-order chi connectivity index (χ0) is 12.4. The number of rotatable bonds is 2. The SMILES string of the molecule is O=C(O)c1cc(-c2cc(F)cc(Cl)c2)ccn1. The van der Waals surface area contributed by atoms with Crippen molar-refractivity contribution in [2.75, 3.05) is 0 Å². The van der Waals surface area contributed by atoms with E-state index in [1.807, 2.05) is 0 Å². The van der Waals surface area contributed by atoms with Crippen molar-refractivity contribution in [1.82, 2.24) is 4.98 Å². The van der Waals surface area contributed by atoms with Crippen molar-refractivity contribution in [3.8, 4) is 11.1 Å². The number of hydrogen-bond acceptors (Lipinski definition) is 2. The highest BCUT2D eigenvalue weighted by atomic mass is 35.5. The lowest BCUT2D eigenvalue weighted by molar-refractivity contribution is 0.0690. The Morgan fingerprint density at radius 3 is 2.65 bits per heavy atom. The zero-order valence-corrected chi connectivity index (χ0v) is 9.28. The van der Waals surface area contributed by atoms with E-state index in [2.05, 4.69) is 4.98 Å². The van der Waals surface area contributed by atoms with Gasteiger partial charge in [0.2, 0.25) is 0 Å². The number of hydrogen-bond donors (Lipinski definition) is 1. The molecule has 0 radical (unpaired) electrons. The number of carboxylic acids is 1. The number of aromatic carboxylic acids is 1. The molecular weight excluding hydrogens is 245 g/mol. The van der Waals surface area contributed by atoms with E-state index in [4.69, 9.17) is 16.7 Å². The topological polar surface area (TPSA) is 50.2 Å². The van der Waals surface area contributed by atoms with Crippen LogP contribution in [0.2, 0.25) is 5.02 Å². The summed E-state index contributed by atoms with van der Waals surface area (Å²) in [6, 6.07) is 6.99. The highest BCUT2D eigenvalue weighted by molar-refractivity contribution is 6.30. The Morgan fingerprint density at radius 2 is 2.00 bits per heavy atom. The minimum absolute atomic E-state index is 0.0946. The number of carbonyl (C=O) groups is 1. The highest BCUT2D eigenvalue weighted by Gasteiger charge is 2.07. The zero-order valence-electron chi connectivity index (χ0n) is 8.52. The molecule has 0 saturated carbocycles. The van der Waals surface area contributed by atoms with Crippen molar-refractivity contribution in [3.63, 3.8) is 0 Å². The van der Waals surface area contributed by atoms with Crippen LogP contribution in [0.4, 0.5) is 4.39 Å². The third-order valence-corrected chi connectivity index (χ3v) is 2.39. The van der Waals surface area contributed by atoms with Gasteiger partial charge in [-0.2, -0.15) is 0 Å². The summed E-state index contributed by atoms with van der Waals surface area (Å²) in [5.41, 5.74) is 0.974. The van der Waals surface area contributed by atoms with E-state index in [1.54, 1.807) is 12.1 Å². The van der Waals surface area contributed by atoms with E-state index < -0.39 is 11.8 Å². The van der Waals surface area contributed by atoms with Gasteiger partial charge in [0.25, 0.3) is 0 Å². The lowest BCUT2D eigenvalue weighted by Crippen LogP contribution is -1.99. The molecule has 2 aromatic rings. The minimum atomic E-state index is -1.13. The number of pyridine rings is 1. The Morgan fingerprint density at radius 1 is 1.24 bits per heavy atom. The fourth-order valence-corrected chi connectivity index (χ4v) is 1.67. The summed E-state index contributed by atoms with van der Waals surface area (Å²) in [7, 11) is 0. The predicted octanol–water partition coefficient (Wildman–Crippen LogP) is 3.24. The molecule has 0 amide bonds. The van der Waals surface area contributed by atoms with Gasteiger partial charge in [0.05, 0.1) is 0 Å². The van der Waals surface area contributed by atoms with E-state index in [-0.39, 0.29) is 10.7 Å². The molecule has 0 spiro atoms. The summed E-state index contributed by atoms with van der Waals surface area (Å²) >= 11 is 5.73. The molecule has 1 N–H and O–H groups in total. The van der Waals surface area contributed by atoms with Gasteiger partial charge in [-0.05, 0) is 41.5 Å². The molecule has 0 unspecified atom stereocenters. The molecule has 0 aliphatic rings. The second-order valence-corrected chi connectivity index (χ2v) is 3.83. The number of benzene rings is 1. The lowest BCUT2D eigenvalue weighted by Gasteiger charge is -2.03. The number of nitrogens with zero attached hydrogens (tertiary/aromatic N) is 1. The maximum absolute atomic E-state index is 13.2. The van der Waals surface area contributed by atoms with Crippen LogP contribution in [0.1, 0.15) is 10.5 Å². The van der Waals surface area contributed by atoms with Crippen molar-refractivity contribution in [2.24, 2.45) is 0 Å². The summed E-state index contributed by atoms with van der Waals surface area (Å²) in [6.45, 7) is 0. The van der Waals surface area contributed by atoms with Crippen molar-refractivity contribution in [1.29, 1.82) is 0 Å². The Labute approximate surface area is 101 Å². The summed E-state index contributed by atoms with van der Waals surface area (Å²) in [5.74, 6) is -1.60. The van der Waals surface area contributed by atoms with Gasteiger partial charge in [0.15, 0.2) is 0 Å². The standard InChI is InChI=1S/C12H7ClFNO2/c13-9-3-8(4-10(14)6-9)7-1-2-15-11(5-7)12(16)17/h1-6H,(H,16,17). The molecule has 0 atom stereocenters. The largest absolute Gasteiger partial charge is 0.477 e. The van der Waals surface area contributed by atoms with E-state index in [1.165, 1.54) is 24.4 Å². The summed E-state index contributed by atoms with van der Waals surface area (Å²) in [4.78, 5) is 14.4. The van der Waals surface area contributed by atoms with E-state index in [0.717, 1.165) is 0 Å². The van der Waals surface area contributed by atoms with Gasteiger partial charge in [-0.15, -0.1) is 0 Å². The van der Waals surface area contributed by atoms with Gasteiger partial charge in [-0.3, -0.25) is 0 Å². The molecule has 1 heterocycles. The van der Waals surface area contributed by atoms with Crippen LogP contribution >= 0.6 is 11.6 Å². The maximum atomic E-state index is 13.2. The quantitative estimate of drug-likeness (QED) is 0.891. The van der Waals surface area contributed by atoms with E-state index in [9.17, 15) is 9.18 Å². The average Bonchev–Trinajstić information content (AvgIpc) is 2.28. The van der Waals surface area contributed by atoms with Gasteiger partial charge in [0.1, 0.15) is 11.5 Å². The average molecular weight is 252 g/mol. The summed E-state index contributed by atoms with van der Waals surface area (Å²) < 4.78 is 13.2. The second-order valence-electron chi connectivity index (χ2n) is 3.39. The Bertz CT molecular complexity index is 566. The van der Waals surface area contributed by atoms with E-state index >= 15 is 0 Å². The predicted molar refractivity (Wildman–Crippen MR) is 61.6 cm³/mol. The smallest absolute Gasteiger partial charge is 0.354 e. The Kier molecular flexibility index (Phi) is 3.06. The molecule has 0 fully saturated rings. The molecule has 1 aromatic heterocycles. The molecule has 3 nitrogen and oxygen atoms in total. The first-order chi connectivity index (χ1) is 8.06. The van der Waals surface area contributed by atoms with Crippen LogP contribution in [0, 0.1) is 5.82 Å². The van der Waals surface area contributed by atoms with Gasteiger partial charge in [0, 0.05) is 11.2 Å². The Balaban J connectivity index is 2.52. The first kappa shape index (κ1) is 11.5. The first-order valence-corrected chi connectivity index (χ1v) is 5.10. The molecule has 5 heteroatoms. The van der Waals surface area contributed by atoms with Crippen LogP contribution in [0.15, 0.2) is 36.5 Å². The number of carboxylic acid groups (broad SMARTS) is 1. The summed E-state index contributed by atoms with van der Waals surface area (Å²) in [6.07, 6.45) is 1.36. The summed E-state index contributed by atoms with van der Waals surface area (Å²) in [5, 5.41) is 9.06. The molecule has 0 bridgehead atoms. The van der Waals surface area contributed by atoms with Gasteiger partial charge < -0.3 is 5.11 Å². The van der Waals surface area contributed by atoms with Gasteiger partial charge in [-0.1, -0.05) is 11.6 Å². The minimum Gasteiger partial charge on any atom is -0.477 e. The molecule has 17 heavy (non-hydrogen) atoms. The van der Waals surface area contributed by atoms with Crippen molar-refractivity contribution < 1.29 is 14.3 Å². The second kappa shape index (κ2) is 4.51. The normalized spacial score (nSPS) is 10.2. The fraction of sp³-hybridized carbons (Fsp3) is 0. The fourth-order valence-electron chi connectivity index (χ4n) is 1.45. The van der Waals surface area contributed by atoms with Gasteiger partial charge >= 0.3 is 5.97 Å². The Hall–Kier alpha value is -1.94. The van der Waals surface area contributed by atoms with Crippen molar-refractivity contribution in [2.45, 2.75) is 0 Å². The van der Waals surface area contributed by atoms with Crippen LogP contribution in [0.5, 0.6) is 0 Å². The number of aromatic nitrogens is 1. The lowest BCUT2D eigenvalue weighted by atomic mass is 10.1. The molecule has 0 aliphatic carbocycles. The van der Waals surface area contributed by atoms with Gasteiger partial charge in [-0.25, -0.2) is 14.2 Å². The molecular formula is C12H7ClFNO2. The van der Waals surface area contributed by atoms with Crippen LogP contribution in [-0.4, -0.2) is 16.1 Å². The molecule has 86 valence electrons. The first-order valence-electron chi connectivity index (χ1n) is 4.72. The molecule has 0 saturated heterocycles. The van der Waals surface area contributed by atoms with E-state index in [0.29, 0.717) is 11.1 Å². The molecule has 2 rings (SSSR count). The van der Waals surface area contributed by atoms with Crippen LogP contribution in [0.3, 0.4) is 0 Å². The van der Waals surface area contributed by atoms with Crippen LogP contribution < -0.4 is 0 Å². The highest BCUT2D eigenvalue weighted by Crippen LogP contribution is 2.24. The monoisotopic (exact) mass is 251 g/mol.